The lowest BCUT2D eigenvalue weighted by molar-refractivity contribution is 0.102. The van der Waals surface area contributed by atoms with E-state index in [1.807, 2.05) is 7.05 Å². The Morgan fingerprint density at radius 3 is 2.29 bits per heavy atom. The van der Waals surface area contributed by atoms with Gasteiger partial charge in [-0.2, -0.15) is 5.10 Å². The SMILES string of the molecule is Cc1oncc1C(=O)Nc1cc(N2CCN(C)CC2)ccc1C(=O)Nc1n[nH]c2ccc(S(=O)(=O)c3cc(F)cc(F)c3)cc12. The number of piperazine rings is 1. The van der Waals surface area contributed by atoms with Gasteiger partial charge in [0.25, 0.3) is 11.8 Å². The van der Waals surface area contributed by atoms with Crippen molar-refractivity contribution in [3.8, 4) is 0 Å². The summed E-state index contributed by atoms with van der Waals surface area (Å²) in [4.78, 5) is 30.3. The van der Waals surface area contributed by atoms with Crippen LogP contribution in [0.3, 0.4) is 0 Å². The van der Waals surface area contributed by atoms with Gasteiger partial charge in [-0.15, -0.1) is 0 Å². The number of rotatable bonds is 7. The Kier molecular flexibility index (Phi) is 7.80. The van der Waals surface area contributed by atoms with Gasteiger partial charge in [-0.1, -0.05) is 5.16 Å². The molecular formula is C30H27F2N7O5S. The highest BCUT2D eigenvalue weighted by atomic mass is 32.2. The van der Waals surface area contributed by atoms with E-state index < -0.39 is 38.2 Å². The molecule has 3 N–H and O–H groups in total. The van der Waals surface area contributed by atoms with Gasteiger partial charge in [-0.05, 0) is 62.5 Å². The molecule has 1 aliphatic rings. The number of aryl methyl sites for hydroxylation is 1. The average Bonchev–Trinajstić information content (AvgIpc) is 3.62. The third kappa shape index (κ3) is 5.99. The van der Waals surface area contributed by atoms with Crippen LogP contribution in [0.25, 0.3) is 10.9 Å². The molecule has 0 aliphatic carbocycles. The lowest BCUT2D eigenvalue weighted by Gasteiger charge is -2.34. The fraction of sp³-hybridized carbons (Fsp3) is 0.200. The minimum Gasteiger partial charge on any atom is -0.369 e. The number of aromatic amines is 1. The van der Waals surface area contributed by atoms with Crippen LogP contribution in [0.2, 0.25) is 0 Å². The van der Waals surface area contributed by atoms with Crippen LogP contribution >= 0.6 is 0 Å². The maximum Gasteiger partial charge on any atom is 0.260 e. The molecule has 2 amide bonds. The van der Waals surface area contributed by atoms with Crippen LogP contribution in [0.5, 0.6) is 0 Å². The van der Waals surface area contributed by atoms with Crippen molar-refractivity contribution in [3.63, 3.8) is 0 Å². The number of nitrogens with zero attached hydrogens (tertiary/aromatic N) is 4. The normalized spacial score (nSPS) is 14.1. The predicted molar refractivity (Wildman–Crippen MR) is 161 cm³/mol. The van der Waals surface area contributed by atoms with Crippen LogP contribution in [0, 0.1) is 18.6 Å². The summed E-state index contributed by atoms with van der Waals surface area (Å²) in [5.74, 6) is -2.91. The molecule has 1 saturated heterocycles. The molecule has 0 spiro atoms. The second kappa shape index (κ2) is 11.7. The summed E-state index contributed by atoms with van der Waals surface area (Å²) < 4.78 is 59.0. The molecule has 1 aliphatic heterocycles. The Morgan fingerprint density at radius 2 is 1.60 bits per heavy atom. The Bertz CT molecular complexity index is 2030. The summed E-state index contributed by atoms with van der Waals surface area (Å²) in [6, 6.07) is 11.1. The van der Waals surface area contributed by atoms with Gasteiger partial charge in [0.2, 0.25) is 9.84 Å². The third-order valence-electron chi connectivity index (χ3n) is 7.58. The van der Waals surface area contributed by atoms with E-state index in [0.717, 1.165) is 44.0 Å². The highest BCUT2D eigenvalue weighted by Gasteiger charge is 2.24. The van der Waals surface area contributed by atoms with Crippen molar-refractivity contribution in [3.05, 3.63) is 89.3 Å². The van der Waals surface area contributed by atoms with Crippen LogP contribution < -0.4 is 15.5 Å². The summed E-state index contributed by atoms with van der Waals surface area (Å²) >= 11 is 0. The summed E-state index contributed by atoms with van der Waals surface area (Å²) in [5.41, 5.74) is 1.76. The first-order chi connectivity index (χ1) is 21.5. The number of fused-ring (bicyclic) bond motifs is 1. The maximum atomic E-state index is 13.8. The molecule has 0 bridgehead atoms. The third-order valence-corrected chi connectivity index (χ3v) is 9.31. The Hall–Kier alpha value is -5.15. The van der Waals surface area contributed by atoms with E-state index in [0.29, 0.717) is 17.3 Å². The lowest BCUT2D eigenvalue weighted by atomic mass is 10.1. The van der Waals surface area contributed by atoms with Crippen molar-refractivity contribution in [2.75, 3.05) is 48.8 Å². The average molecular weight is 636 g/mol. The van der Waals surface area contributed by atoms with Gasteiger partial charge < -0.3 is 25.0 Å². The Morgan fingerprint density at radius 1 is 0.889 bits per heavy atom. The monoisotopic (exact) mass is 635 g/mol. The van der Waals surface area contributed by atoms with Gasteiger partial charge in [0.05, 0.1) is 32.8 Å². The maximum absolute atomic E-state index is 13.8. The molecule has 2 aromatic heterocycles. The van der Waals surface area contributed by atoms with E-state index in [1.54, 1.807) is 25.1 Å². The Balaban J connectivity index is 1.33. The van der Waals surface area contributed by atoms with Crippen LogP contribution in [-0.4, -0.2) is 73.7 Å². The molecule has 12 nitrogen and oxygen atoms in total. The summed E-state index contributed by atoms with van der Waals surface area (Å²) in [6.45, 7) is 4.81. The number of anilines is 3. The minimum atomic E-state index is -4.32. The Labute approximate surface area is 255 Å². The zero-order chi connectivity index (χ0) is 31.9. The molecule has 232 valence electrons. The quantitative estimate of drug-likeness (QED) is 0.239. The summed E-state index contributed by atoms with van der Waals surface area (Å²) in [6.07, 6.45) is 1.29. The molecule has 15 heteroatoms. The molecule has 1 fully saturated rings. The number of carbonyl (C=O) groups is 2. The smallest absolute Gasteiger partial charge is 0.260 e. The highest BCUT2D eigenvalue weighted by molar-refractivity contribution is 7.91. The second-order valence-corrected chi connectivity index (χ2v) is 12.6. The van der Waals surface area contributed by atoms with E-state index in [-0.39, 0.29) is 32.9 Å². The second-order valence-electron chi connectivity index (χ2n) is 10.6. The van der Waals surface area contributed by atoms with E-state index in [1.165, 1.54) is 24.4 Å². The van der Waals surface area contributed by atoms with Gasteiger partial charge in [0.15, 0.2) is 5.82 Å². The molecule has 0 saturated carbocycles. The fourth-order valence-corrected chi connectivity index (χ4v) is 6.38. The van der Waals surface area contributed by atoms with E-state index in [9.17, 15) is 26.8 Å². The topological polar surface area (TPSA) is 154 Å². The fourth-order valence-electron chi connectivity index (χ4n) is 5.05. The van der Waals surface area contributed by atoms with Crippen LogP contribution in [-0.2, 0) is 9.84 Å². The summed E-state index contributed by atoms with van der Waals surface area (Å²) in [5, 5.41) is 16.2. The van der Waals surface area contributed by atoms with Crippen molar-refractivity contribution in [1.82, 2.24) is 20.3 Å². The van der Waals surface area contributed by atoms with Gasteiger partial charge in [-0.25, -0.2) is 17.2 Å². The first kappa shape index (κ1) is 29.9. The first-order valence-corrected chi connectivity index (χ1v) is 15.3. The lowest BCUT2D eigenvalue weighted by Crippen LogP contribution is -2.44. The van der Waals surface area contributed by atoms with E-state index in [2.05, 4.69) is 35.8 Å². The number of hydrogen-bond acceptors (Lipinski definition) is 9. The van der Waals surface area contributed by atoms with Gasteiger partial charge in [0.1, 0.15) is 23.0 Å². The number of benzene rings is 3. The molecule has 5 aromatic rings. The number of H-pyrrole nitrogens is 1. The molecule has 3 heterocycles. The van der Waals surface area contributed by atoms with Crippen molar-refractivity contribution in [2.24, 2.45) is 0 Å². The molecule has 3 aromatic carbocycles. The van der Waals surface area contributed by atoms with Gasteiger partial charge in [0, 0.05) is 43.3 Å². The van der Waals surface area contributed by atoms with E-state index >= 15 is 0 Å². The number of aromatic nitrogens is 3. The number of carbonyl (C=O) groups excluding carboxylic acids is 2. The van der Waals surface area contributed by atoms with Gasteiger partial charge in [-0.3, -0.25) is 14.7 Å². The number of hydrogen-bond donors (Lipinski definition) is 3. The zero-order valence-corrected chi connectivity index (χ0v) is 24.9. The van der Waals surface area contributed by atoms with Crippen LogP contribution in [0.1, 0.15) is 26.5 Å². The number of sulfone groups is 1. The minimum absolute atomic E-state index is 0.00720. The molecule has 6 rings (SSSR count). The largest absolute Gasteiger partial charge is 0.369 e. The molecule has 0 unspecified atom stereocenters. The van der Waals surface area contributed by atoms with E-state index in [4.69, 9.17) is 4.52 Å². The predicted octanol–water partition coefficient (Wildman–Crippen LogP) is 4.23. The number of amides is 2. The zero-order valence-electron chi connectivity index (χ0n) is 24.1. The number of likely N-dealkylation sites (N-methyl/N-ethyl adjacent to an activating group) is 1. The van der Waals surface area contributed by atoms with Crippen molar-refractivity contribution >= 4 is 49.7 Å². The molecule has 0 radical (unpaired) electrons. The molecular weight excluding hydrogens is 608 g/mol. The molecule has 45 heavy (non-hydrogen) atoms. The summed E-state index contributed by atoms with van der Waals surface area (Å²) in [7, 11) is -2.28. The van der Waals surface area contributed by atoms with Crippen LogP contribution in [0.4, 0.5) is 26.0 Å². The van der Waals surface area contributed by atoms with Crippen molar-refractivity contribution < 1.29 is 31.3 Å². The number of nitrogens with one attached hydrogen (secondary N) is 3. The van der Waals surface area contributed by atoms with Gasteiger partial charge >= 0.3 is 0 Å². The van der Waals surface area contributed by atoms with Crippen molar-refractivity contribution in [1.29, 1.82) is 0 Å². The molecule has 0 atom stereocenters. The highest BCUT2D eigenvalue weighted by Crippen LogP contribution is 2.30. The van der Waals surface area contributed by atoms with Crippen LogP contribution in [0.15, 0.2) is 75.1 Å². The number of halogens is 2. The van der Waals surface area contributed by atoms with Crippen molar-refractivity contribution in [2.45, 2.75) is 16.7 Å². The standard InChI is InChI=1S/C30H27F2N7O5S/c1-17-25(16-33-44-17)30(41)34-27-14-20(39-9-7-38(2)8-10-39)3-5-23(27)29(40)35-28-24-15-21(4-6-26(24)36-37-28)45(42,43)22-12-18(31)11-19(32)13-22/h3-6,11-16H,7-10H2,1-2H3,(H,34,41)(H2,35,36,37,40). The first-order valence-electron chi connectivity index (χ1n) is 13.8.